The number of ether oxygens (including phenoxy) is 1. The fourth-order valence-corrected chi connectivity index (χ4v) is 3.41. The molecule has 0 N–H and O–H groups in total. The molecule has 1 atom stereocenters. The molecule has 0 radical (unpaired) electrons. The minimum atomic E-state index is -0.463. The maximum Gasteiger partial charge on any atom is 0.410 e. The van der Waals surface area contributed by atoms with Crippen LogP contribution < -0.4 is 0 Å². The number of likely N-dealkylation sites (tertiary alicyclic amines) is 1. The Labute approximate surface area is 146 Å². The van der Waals surface area contributed by atoms with Gasteiger partial charge < -0.3 is 14.5 Å². The van der Waals surface area contributed by atoms with Crippen molar-refractivity contribution in [3.05, 3.63) is 12.2 Å². The molecule has 1 heterocycles. The molecule has 0 unspecified atom stereocenters. The molecule has 1 fully saturated rings. The summed E-state index contributed by atoms with van der Waals surface area (Å²) in [6, 6.07) is 0. The minimum absolute atomic E-state index is 0.177. The van der Waals surface area contributed by atoms with E-state index in [0.717, 1.165) is 45.2 Å². The van der Waals surface area contributed by atoms with Crippen molar-refractivity contribution in [2.45, 2.75) is 58.5 Å². The maximum absolute atomic E-state index is 12.6. The van der Waals surface area contributed by atoms with Crippen molar-refractivity contribution in [3.63, 3.8) is 0 Å². The van der Waals surface area contributed by atoms with Crippen LogP contribution in [-0.2, 0) is 9.53 Å². The number of carbonyl (C=O) groups excluding carboxylic acids is 2. The first-order valence-corrected chi connectivity index (χ1v) is 9.14. The van der Waals surface area contributed by atoms with Crippen LogP contribution in [0.5, 0.6) is 0 Å². The van der Waals surface area contributed by atoms with Gasteiger partial charge in [-0.25, -0.2) is 4.79 Å². The molecule has 2 rings (SSSR count). The summed E-state index contributed by atoms with van der Waals surface area (Å²) in [4.78, 5) is 28.3. The molecule has 24 heavy (non-hydrogen) atoms. The van der Waals surface area contributed by atoms with Crippen LogP contribution in [-0.4, -0.2) is 54.1 Å². The lowest BCUT2D eigenvalue weighted by atomic mass is 9.90. The fraction of sp³-hybridized carbons (Fsp3) is 0.789. The molecule has 1 saturated heterocycles. The Bertz CT molecular complexity index is 473. The third-order valence-corrected chi connectivity index (χ3v) is 4.78. The van der Waals surface area contributed by atoms with Gasteiger partial charge in [0.05, 0.1) is 0 Å². The molecule has 2 aliphatic rings. The molecule has 0 aromatic carbocycles. The minimum Gasteiger partial charge on any atom is -0.444 e. The van der Waals surface area contributed by atoms with Gasteiger partial charge in [-0.3, -0.25) is 4.79 Å². The molecular formula is C19H32N2O3. The van der Waals surface area contributed by atoms with Gasteiger partial charge in [-0.2, -0.15) is 0 Å². The normalized spacial score (nSPS) is 22.3. The fourth-order valence-electron chi connectivity index (χ4n) is 3.41. The quantitative estimate of drug-likeness (QED) is 0.742. The first-order chi connectivity index (χ1) is 11.3. The third kappa shape index (κ3) is 5.53. The molecule has 0 bridgehead atoms. The average molecular weight is 336 g/mol. The number of nitrogens with zero attached hydrogens (tertiary/aromatic N) is 2. The Kier molecular flexibility index (Phi) is 6.30. The molecule has 0 aromatic rings. The predicted octanol–water partition coefficient (Wildman–Crippen LogP) is 3.45. The monoisotopic (exact) mass is 336 g/mol. The number of carbonyl (C=O) groups is 2. The smallest absolute Gasteiger partial charge is 0.410 e. The Hall–Kier alpha value is -1.52. The van der Waals surface area contributed by atoms with E-state index in [2.05, 4.69) is 12.2 Å². The Morgan fingerprint density at radius 2 is 1.83 bits per heavy atom. The number of piperidine rings is 1. The van der Waals surface area contributed by atoms with Crippen LogP contribution in [0.1, 0.15) is 52.9 Å². The molecule has 0 aromatic heterocycles. The van der Waals surface area contributed by atoms with Crippen LogP contribution in [0.4, 0.5) is 4.79 Å². The molecule has 0 spiro atoms. The number of rotatable bonds is 3. The second kappa shape index (κ2) is 8.04. The van der Waals surface area contributed by atoms with Crippen LogP contribution in [0.2, 0.25) is 0 Å². The number of hydrogen-bond donors (Lipinski definition) is 0. The van der Waals surface area contributed by atoms with Crippen molar-refractivity contribution in [1.29, 1.82) is 0 Å². The first kappa shape index (κ1) is 18.8. The van der Waals surface area contributed by atoms with Crippen LogP contribution in [0.25, 0.3) is 0 Å². The van der Waals surface area contributed by atoms with Gasteiger partial charge in [-0.1, -0.05) is 12.2 Å². The third-order valence-electron chi connectivity index (χ3n) is 4.78. The van der Waals surface area contributed by atoms with Crippen molar-refractivity contribution in [3.8, 4) is 0 Å². The van der Waals surface area contributed by atoms with Crippen molar-refractivity contribution in [2.24, 2.45) is 11.8 Å². The number of amides is 2. The highest BCUT2D eigenvalue weighted by Gasteiger charge is 2.29. The maximum atomic E-state index is 12.6. The topological polar surface area (TPSA) is 49.9 Å². The summed E-state index contributed by atoms with van der Waals surface area (Å²) in [7, 11) is 1.79. The summed E-state index contributed by atoms with van der Waals surface area (Å²) in [5.41, 5.74) is -0.463. The summed E-state index contributed by atoms with van der Waals surface area (Å²) in [6.45, 7) is 7.96. The highest BCUT2D eigenvalue weighted by molar-refractivity contribution is 5.79. The Morgan fingerprint density at radius 3 is 2.38 bits per heavy atom. The van der Waals surface area contributed by atoms with E-state index >= 15 is 0 Å². The highest BCUT2D eigenvalue weighted by Crippen LogP contribution is 2.25. The Balaban J connectivity index is 1.75. The lowest BCUT2D eigenvalue weighted by molar-refractivity contribution is -0.137. The second-order valence-corrected chi connectivity index (χ2v) is 8.11. The summed E-state index contributed by atoms with van der Waals surface area (Å²) in [6.07, 6.45) is 8.85. The first-order valence-electron chi connectivity index (χ1n) is 9.14. The van der Waals surface area contributed by atoms with Gasteiger partial charge in [0.1, 0.15) is 5.60 Å². The lowest BCUT2D eigenvalue weighted by Crippen LogP contribution is -2.44. The average Bonchev–Trinajstić information content (AvgIpc) is 2.54. The van der Waals surface area contributed by atoms with E-state index in [1.807, 2.05) is 25.7 Å². The zero-order valence-electron chi connectivity index (χ0n) is 15.6. The molecular weight excluding hydrogens is 304 g/mol. The van der Waals surface area contributed by atoms with E-state index in [-0.39, 0.29) is 12.0 Å². The van der Waals surface area contributed by atoms with Crippen molar-refractivity contribution in [1.82, 2.24) is 9.80 Å². The number of allylic oxidation sites excluding steroid dienone is 2. The van der Waals surface area contributed by atoms with Crippen molar-refractivity contribution < 1.29 is 14.3 Å². The zero-order chi connectivity index (χ0) is 17.7. The van der Waals surface area contributed by atoms with E-state index in [1.54, 1.807) is 11.9 Å². The van der Waals surface area contributed by atoms with E-state index in [9.17, 15) is 9.59 Å². The van der Waals surface area contributed by atoms with E-state index in [1.165, 1.54) is 0 Å². The standard InChI is InChI=1S/C19H32N2O3/c1-19(2,3)24-18(23)20(4)14-15-10-12-21(13-11-15)17(22)16-8-6-5-7-9-16/h5-6,15-16H,7-14H2,1-4H3/t16-/m1/s1. The summed E-state index contributed by atoms with van der Waals surface area (Å²) in [5.74, 6) is 0.937. The van der Waals surface area contributed by atoms with Crippen molar-refractivity contribution >= 4 is 12.0 Å². The van der Waals surface area contributed by atoms with E-state index in [0.29, 0.717) is 18.4 Å². The molecule has 5 heteroatoms. The van der Waals surface area contributed by atoms with Crippen LogP contribution in [0.3, 0.4) is 0 Å². The van der Waals surface area contributed by atoms with Crippen LogP contribution in [0, 0.1) is 11.8 Å². The molecule has 1 aliphatic carbocycles. The van der Waals surface area contributed by atoms with Crippen molar-refractivity contribution in [2.75, 3.05) is 26.7 Å². The largest absolute Gasteiger partial charge is 0.444 e. The van der Waals surface area contributed by atoms with Crippen LogP contribution >= 0.6 is 0 Å². The molecule has 0 saturated carbocycles. The van der Waals surface area contributed by atoms with Gasteiger partial charge in [0.25, 0.3) is 0 Å². The van der Waals surface area contributed by atoms with Gasteiger partial charge in [-0.15, -0.1) is 0 Å². The summed E-state index contributed by atoms with van der Waals surface area (Å²) >= 11 is 0. The zero-order valence-corrected chi connectivity index (χ0v) is 15.6. The van der Waals surface area contributed by atoms with Gasteiger partial charge in [0.15, 0.2) is 0 Å². The molecule has 136 valence electrons. The highest BCUT2D eigenvalue weighted by atomic mass is 16.6. The lowest BCUT2D eigenvalue weighted by Gasteiger charge is -2.36. The molecule has 5 nitrogen and oxygen atoms in total. The summed E-state index contributed by atoms with van der Waals surface area (Å²) in [5, 5.41) is 0. The van der Waals surface area contributed by atoms with E-state index < -0.39 is 5.60 Å². The molecule has 1 aliphatic heterocycles. The number of hydrogen-bond acceptors (Lipinski definition) is 3. The second-order valence-electron chi connectivity index (χ2n) is 8.11. The SMILES string of the molecule is CN(CC1CCN(C(=O)[C@@H]2CC=CCC2)CC1)C(=O)OC(C)(C)C. The Morgan fingerprint density at radius 1 is 1.17 bits per heavy atom. The molecule has 2 amide bonds. The predicted molar refractivity (Wildman–Crippen MR) is 94.6 cm³/mol. The van der Waals surface area contributed by atoms with Gasteiger partial charge >= 0.3 is 6.09 Å². The van der Waals surface area contributed by atoms with Gasteiger partial charge in [0, 0.05) is 32.6 Å². The van der Waals surface area contributed by atoms with Gasteiger partial charge in [-0.05, 0) is 58.8 Å². The van der Waals surface area contributed by atoms with Gasteiger partial charge in [0.2, 0.25) is 5.91 Å². The van der Waals surface area contributed by atoms with E-state index in [4.69, 9.17) is 4.74 Å². The summed E-state index contributed by atoms with van der Waals surface area (Å²) < 4.78 is 5.40. The van der Waals surface area contributed by atoms with Crippen LogP contribution in [0.15, 0.2) is 12.2 Å².